The summed E-state index contributed by atoms with van der Waals surface area (Å²) in [6.45, 7) is 0.537. The van der Waals surface area contributed by atoms with E-state index in [4.69, 9.17) is 21.0 Å². The number of anilines is 2. The topological polar surface area (TPSA) is 218 Å². The second kappa shape index (κ2) is 11.0. The second-order valence-corrected chi connectivity index (χ2v) is 11.0. The number of fused-ring (bicyclic) bond motifs is 1. The summed E-state index contributed by atoms with van der Waals surface area (Å²) in [5, 5.41) is 22.2. The molecule has 0 radical (unpaired) electrons. The van der Waals surface area contributed by atoms with Crippen LogP contribution in [0.25, 0.3) is 0 Å². The molecule has 0 spiro atoms. The fraction of sp³-hybridized carbons (Fsp3) is 0.348. The predicted octanol–water partition coefficient (Wildman–Crippen LogP) is -2.68. The Kier molecular flexibility index (Phi) is 7.49. The lowest BCUT2D eigenvalue weighted by atomic mass is 10.0. The number of β-lactam (4-membered cyclic amide) rings is 1. The minimum atomic E-state index is -1.52. The van der Waals surface area contributed by atoms with E-state index in [1.54, 1.807) is 23.0 Å². The highest BCUT2D eigenvalue weighted by atomic mass is 32.2. The molecule has 5 heterocycles. The van der Waals surface area contributed by atoms with Crippen LogP contribution < -0.4 is 36.5 Å². The number of carboxylic acids is 1. The number of carbonyl (C=O) groups is 4. The maximum absolute atomic E-state index is 13.2. The van der Waals surface area contributed by atoms with Gasteiger partial charge in [0.25, 0.3) is 17.7 Å². The SMILES string of the molecule is COc1cc(N)c[n+](CC2=C(C(=O)[O-])N3C(=O)[C@@H](NC(=O)/C(=N\OC4CCNC4=O)c4csc(N)n4)[C@@H]3SC2)c1. The third-order valence-electron chi connectivity index (χ3n) is 6.30. The summed E-state index contributed by atoms with van der Waals surface area (Å²) in [5.74, 6) is -2.58. The number of thioether (sulfide) groups is 1. The summed E-state index contributed by atoms with van der Waals surface area (Å²) in [7, 11) is 1.48. The van der Waals surface area contributed by atoms with Crippen LogP contribution in [0, 0.1) is 0 Å². The standard InChI is InChI=1S/C23H24N8O7S2/c1-37-12-4-11(24)6-30(7-12)5-10-8-39-21-16(20(34)31(21)17(10)22(35)36)28-19(33)15(13-9-40-23(25)27-13)29-38-14-2-3-26-18(14)32/h4,6-7,9,14,16,21H,2-3,5,8,24H2,1H3,(H4-,25,26,27,28,32,33,35,36)/b29-15-/t14?,16-,21+/m1/s1. The monoisotopic (exact) mass is 588 g/mol. The molecule has 0 saturated carbocycles. The van der Waals surface area contributed by atoms with Crippen LogP contribution in [-0.4, -0.2) is 76.2 Å². The number of nitrogen functional groups attached to an aromatic ring is 2. The predicted molar refractivity (Wildman–Crippen MR) is 140 cm³/mol. The normalized spacial score (nSPS) is 22.4. The highest BCUT2D eigenvalue weighted by molar-refractivity contribution is 8.00. The number of nitrogens with one attached hydrogen (secondary N) is 2. The van der Waals surface area contributed by atoms with Crippen molar-refractivity contribution in [3.63, 3.8) is 0 Å². The summed E-state index contributed by atoms with van der Waals surface area (Å²) in [6.07, 6.45) is 2.76. The first kappa shape index (κ1) is 27.2. The number of carboxylic acid groups (broad SMARTS) is 1. The lowest BCUT2D eigenvalue weighted by Crippen LogP contribution is -2.71. The van der Waals surface area contributed by atoms with Gasteiger partial charge in [0.1, 0.15) is 22.8 Å². The first-order valence-electron chi connectivity index (χ1n) is 11.9. The first-order valence-corrected chi connectivity index (χ1v) is 13.8. The number of methoxy groups -OCH3 is 1. The third kappa shape index (κ3) is 5.24. The second-order valence-electron chi connectivity index (χ2n) is 8.97. The van der Waals surface area contributed by atoms with Gasteiger partial charge >= 0.3 is 0 Å². The maximum Gasteiger partial charge on any atom is 0.276 e. The van der Waals surface area contributed by atoms with Crippen molar-refractivity contribution in [3.05, 3.63) is 40.8 Å². The zero-order valence-corrected chi connectivity index (χ0v) is 22.6. The summed E-state index contributed by atoms with van der Waals surface area (Å²) < 4.78 is 6.87. The van der Waals surface area contributed by atoms with Crippen molar-refractivity contribution < 1.29 is 38.4 Å². The third-order valence-corrected chi connectivity index (χ3v) is 8.32. The number of ether oxygens (including phenoxy) is 1. The van der Waals surface area contributed by atoms with Gasteiger partial charge < -0.3 is 41.6 Å². The smallest absolute Gasteiger partial charge is 0.276 e. The number of rotatable bonds is 9. The largest absolute Gasteiger partial charge is 0.543 e. The fourth-order valence-electron chi connectivity index (χ4n) is 4.45. The van der Waals surface area contributed by atoms with Crippen LogP contribution in [0.15, 0.2) is 40.3 Å². The van der Waals surface area contributed by atoms with Crippen molar-refractivity contribution >= 4 is 63.3 Å². The minimum Gasteiger partial charge on any atom is -0.543 e. The van der Waals surface area contributed by atoms with Crippen molar-refractivity contribution in [3.8, 4) is 5.75 Å². The maximum atomic E-state index is 13.2. The molecule has 17 heteroatoms. The molecule has 2 fully saturated rings. The highest BCUT2D eigenvalue weighted by Crippen LogP contribution is 2.40. The van der Waals surface area contributed by atoms with E-state index in [0.717, 1.165) is 16.2 Å². The number of amides is 3. The van der Waals surface area contributed by atoms with Crippen molar-refractivity contribution in [1.82, 2.24) is 20.5 Å². The average Bonchev–Trinajstić information content (AvgIpc) is 3.54. The van der Waals surface area contributed by atoms with E-state index in [1.165, 1.54) is 24.3 Å². The van der Waals surface area contributed by atoms with E-state index in [-0.39, 0.29) is 40.4 Å². The number of nitrogens with two attached hydrogens (primary N) is 2. The Hall–Kier alpha value is -4.38. The Morgan fingerprint density at radius 2 is 2.15 bits per heavy atom. The number of oxime groups is 1. The number of aliphatic carboxylic acids is 1. The average molecular weight is 589 g/mol. The summed E-state index contributed by atoms with van der Waals surface area (Å²) in [5.41, 5.74) is 12.0. The number of nitrogens with zero attached hydrogens (tertiary/aromatic N) is 4. The lowest BCUT2D eigenvalue weighted by molar-refractivity contribution is -0.688. The van der Waals surface area contributed by atoms with E-state index >= 15 is 0 Å². The quantitative estimate of drug-likeness (QED) is 0.102. The Morgan fingerprint density at radius 3 is 2.80 bits per heavy atom. The van der Waals surface area contributed by atoms with Crippen molar-refractivity contribution in [2.45, 2.75) is 30.5 Å². The number of hydrogen-bond donors (Lipinski definition) is 4. The molecule has 210 valence electrons. The first-order chi connectivity index (χ1) is 19.2. The van der Waals surface area contributed by atoms with Gasteiger partial charge in [0, 0.05) is 35.7 Å². The van der Waals surface area contributed by atoms with Gasteiger partial charge in [-0.25, -0.2) is 4.98 Å². The summed E-state index contributed by atoms with van der Waals surface area (Å²) >= 11 is 2.35. The number of aromatic nitrogens is 2. The molecule has 2 aromatic rings. The van der Waals surface area contributed by atoms with Crippen LogP contribution in [0.1, 0.15) is 12.1 Å². The molecule has 15 nitrogen and oxygen atoms in total. The molecule has 6 N–H and O–H groups in total. The van der Waals surface area contributed by atoms with Gasteiger partial charge in [-0.2, -0.15) is 4.57 Å². The van der Waals surface area contributed by atoms with Gasteiger partial charge in [-0.05, 0) is 0 Å². The van der Waals surface area contributed by atoms with Crippen LogP contribution in [0.2, 0.25) is 0 Å². The van der Waals surface area contributed by atoms with Crippen molar-refractivity contribution in [2.24, 2.45) is 5.16 Å². The number of pyridine rings is 1. The van der Waals surface area contributed by atoms with Crippen molar-refractivity contribution in [2.75, 3.05) is 30.9 Å². The van der Waals surface area contributed by atoms with Gasteiger partial charge in [-0.1, -0.05) is 5.16 Å². The summed E-state index contributed by atoms with van der Waals surface area (Å²) in [4.78, 5) is 60.8. The Labute approximate surface area is 235 Å². The van der Waals surface area contributed by atoms with Crippen LogP contribution in [0.5, 0.6) is 5.75 Å². The molecule has 1 unspecified atom stereocenters. The number of thiazole rings is 1. The Morgan fingerprint density at radius 1 is 1.35 bits per heavy atom. The molecule has 5 rings (SSSR count). The van der Waals surface area contributed by atoms with Gasteiger partial charge in [0.2, 0.25) is 12.3 Å². The van der Waals surface area contributed by atoms with Gasteiger partial charge in [0.05, 0.1) is 18.8 Å². The highest BCUT2D eigenvalue weighted by Gasteiger charge is 2.53. The molecule has 0 aliphatic carbocycles. The molecule has 0 bridgehead atoms. The van der Waals surface area contributed by atoms with E-state index in [9.17, 15) is 24.3 Å². The van der Waals surface area contributed by atoms with E-state index < -0.39 is 35.3 Å². The van der Waals surface area contributed by atoms with Gasteiger partial charge in [0.15, 0.2) is 29.3 Å². The Bertz CT molecular complexity index is 1460. The fourth-order valence-corrected chi connectivity index (χ4v) is 6.33. The lowest BCUT2D eigenvalue weighted by Gasteiger charge is -2.50. The molecule has 3 amide bonds. The molecule has 3 aliphatic rings. The van der Waals surface area contributed by atoms with E-state index in [0.29, 0.717) is 30.0 Å². The molecular weight excluding hydrogens is 564 g/mol. The van der Waals surface area contributed by atoms with Gasteiger partial charge in [-0.3, -0.25) is 19.3 Å². The number of carbonyl (C=O) groups excluding carboxylic acids is 4. The zero-order chi connectivity index (χ0) is 28.6. The molecule has 3 atom stereocenters. The van der Waals surface area contributed by atoms with E-state index in [2.05, 4.69) is 20.8 Å². The minimum absolute atomic E-state index is 0.102. The molecule has 3 aliphatic heterocycles. The molecular formula is C23H24N8O7S2. The zero-order valence-electron chi connectivity index (χ0n) is 21.0. The van der Waals surface area contributed by atoms with Gasteiger partial charge in [-0.15, -0.1) is 23.1 Å². The molecule has 2 aromatic heterocycles. The van der Waals surface area contributed by atoms with Crippen LogP contribution in [-0.2, 0) is 30.6 Å². The van der Waals surface area contributed by atoms with Crippen LogP contribution >= 0.6 is 23.1 Å². The molecule has 40 heavy (non-hydrogen) atoms. The summed E-state index contributed by atoms with van der Waals surface area (Å²) in [6, 6.07) is 0.567. The molecule has 0 aromatic carbocycles. The molecule has 2 saturated heterocycles. The van der Waals surface area contributed by atoms with Crippen LogP contribution in [0.3, 0.4) is 0 Å². The number of hydrogen-bond acceptors (Lipinski definition) is 13. The Balaban J connectivity index is 1.35. The van der Waals surface area contributed by atoms with Crippen LogP contribution in [0.4, 0.5) is 10.8 Å². The van der Waals surface area contributed by atoms with E-state index in [1.807, 2.05) is 0 Å². The van der Waals surface area contributed by atoms with Crippen molar-refractivity contribution in [1.29, 1.82) is 0 Å².